The Morgan fingerprint density at radius 3 is 2.65 bits per heavy atom. The minimum absolute atomic E-state index is 0.326. The molecule has 2 rings (SSSR count). The standard InChI is InChI=1S/C11H15IN2O6/c12-6-1-4(2-13-6)10(18)14-7-9(17)8(16)5(3-15)20-11(7)19/h1-2,5,7-9,11,13,15-17,19H,3H2,(H,14,18)/t5-,7+,8-,9-,11?/m1/s1. The van der Waals surface area contributed by atoms with Crippen molar-refractivity contribution in [3.05, 3.63) is 21.5 Å². The molecule has 8 nitrogen and oxygen atoms in total. The molecule has 0 spiro atoms. The highest BCUT2D eigenvalue weighted by Crippen LogP contribution is 2.20. The summed E-state index contributed by atoms with van der Waals surface area (Å²) in [7, 11) is 0. The molecule has 5 atom stereocenters. The predicted octanol–water partition coefficient (Wildman–Crippen LogP) is -1.85. The first kappa shape index (κ1) is 15.7. The maximum Gasteiger partial charge on any atom is 0.253 e. The lowest BCUT2D eigenvalue weighted by molar-refractivity contribution is -0.252. The summed E-state index contributed by atoms with van der Waals surface area (Å²) < 4.78 is 5.70. The van der Waals surface area contributed by atoms with Gasteiger partial charge in [-0.05, 0) is 28.7 Å². The fraction of sp³-hybridized carbons (Fsp3) is 0.545. The summed E-state index contributed by atoms with van der Waals surface area (Å²) in [6, 6.07) is 0.401. The van der Waals surface area contributed by atoms with Crippen molar-refractivity contribution in [3.8, 4) is 0 Å². The third kappa shape index (κ3) is 3.13. The summed E-state index contributed by atoms with van der Waals surface area (Å²) in [5, 5.41) is 40.7. The number of ether oxygens (including phenoxy) is 1. The van der Waals surface area contributed by atoms with Gasteiger partial charge in [0.1, 0.15) is 24.4 Å². The number of H-pyrrole nitrogens is 1. The van der Waals surface area contributed by atoms with E-state index in [1.807, 2.05) is 22.6 Å². The number of amides is 1. The Balaban J connectivity index is 2.06. The monoisotopic (exact) mass is 398 g/mol. The Hall–Kier alpha value is -0.720. The number of carbonyl (C=O) groups excluding carboxylic acids is 1. The van der Waals surface area contributed by atoms with E-state index in [9.17, 15) is 20.1 Å². The molecule has 0 radical (unpaired) electrons. The fourth-order valence-corrected chi connectivity index (χ4v) is 2.48. The van der Waals surface area contributed by atoms with Gasteiger partial charge in [0.05, 0.1) is 15.9 Å². The van der Waals surface area contributed by atoms with Crippen molar-refractivity contribution in [2.24, 2.45) is 0 Å². The number of carbonyl (C=O) groups is 1. The van der Waals surface area contributed by atoms with Crippen LogP contribution in [0.15, 0.2) is 12.3 Å². The summed E-state index contributed by atoms with van der Waals surface area (Å²) in [6.07, 6.45) is -3.99. The molecule has 0 saturated carbocycles. The van der Waals surface area contributed by atoms with Gasteiger partial charge in [0.2, 0.25) is 0 Å². The van der Waals surface area contributed by atoms with E-state index in [4.69, 9.17) is 9.84 Å². The summed E-state index contributed by atoms with van der Waals surface area (Å²) in [5.41, 5.74) is 0.326. The summed E-state index contributed by atoms with van der Waals surface area (Å²) in [4.78, 5) is 14.8. The second kappa shape index (κ2) is 6.37. The molecule has 0 bridgehead atoms. The van der Waals surface area contributed by atoms with Crippen LogP contribution < -0.4 is 5.32 Å². The van der Waals surface area contributed by atoms with Crippen LogP contribution in [0.1, 0.15) is 10.4 Å². The van der Waals surface area contributed by atoms with Crippen molar-refractivity contribution in [2.45, 2.75) is 30.6 Å². The smallest absolute Gasteiger partial charge is 0.253 e. The maximum atomic E-state index is 11.9. The largest absolute Gasteiger partial charge is 0.394 e. The highest BCUT2D eigenvalue weighted by atomic mass is 127. The van der Waals surface area contributed by atoms with Gasteiger partial charge in [-0.2, -0.15) is 0 Å². The van der Waals surface area contributed by atoms with E-state index >= 15 is 0 Å². The van der Waals surface area contributed by atoms with Crippen LogP contribution in [0.3, 0.4) is 0 Å². The second-order valence-electron chi connectivity index (χ2n) is 4.46. The third-order valence-electron chi connectivity index (χ3n) is 3.11. The first-order chi connectivity index (χ1) is 9.43. The van der Waals surface area contributed by atoms with Gasteiger partial charge in [-0.25, -0.2) is 0 Å². The van der Waals surface area contributed by atoms with E-state index in [0.717, 1.165) is 3.70 Å². The summed E-state index contributed by atoms with van der Waals surface area (Å²) in [5.74, 6) is -0.523. The van der Waals surface area contributed by atoms with Crippen LogP contribution in [0.4, 0.5) is 0 Å². The van der Waals surface area contributed by atoms with Crippen LogP contribution in [-0.2, 0) is 4.74 Å². The van der Waals surface area contributed by atoms with E-state index in [-0.39, 0.29) is 0 Å². The first-order valence-electron chi connectivity index (χ1n) is 5.89. The van der Waals surface area contributed by atoms with Crippen molar-refractivity contribution in [1.82, 2.24) is 10.3 Å². The highest BCUT2D eigenvalue weighted by Gasteiger charge is 2.44. The van der Waals surface area contributed by atoms with Gasteiger partial charge in [0.25, 0.3) is 5.91 Å². The van der Waals surface area contributed by atoms with Crippen molar-refractivity contribution in [3.63, 3.8) is 0 Å². The van der Waals surface area contributed by atoms with Gasteiger partial charge in [0.15, 0.2) is 6.29 Å². The Bertz CT molecular complexity index is 481. The molecule has 9 heteroatoms. The van der Waals surface area contributed by atoms with Gasteiger partial charge >= 0.3 is 0 Å². The first-order valence-corrected chi connectivity index (χ1v) is 6.97. The van der Waals surface area contributed by atoms with E-state index in [2.05, 4.69) is 10.3 Å². The quantitative estimate of drug-likeness (QED) is 0.331. The third-order valence-corrected chi connectivity index (χ3v) is 3.73. The Morgan fingerprint density at radius 2 is 2.10 bits per heavy atom. The predicted molar refractivity (Wildman–Crippen MR) is 74.7 cm³/mol. The van der Waals surface area contributed by atoms with Crippen molar-refractivity contribution in [2.75, 3.05) is 6.61 Å². The molecule has 1 amide bonds. The lowest BCUT2D eigenvalue weighted by Gasteiger charge is -2.40. The van der Waals surface area contributed by atoms with Crippen LogP contribution in [0.2, 0.25) is 0 Å². The molecule has 1 unspecified atom stereocenters. The van der Waals surface area contributed by atoms with E-state index in [1.165, 1.54) is 6.20 Å². The van der Waals surface area contributed by atoms with Gasteiger partial charge in [0, 0.05) is 6.20 Å². The molecule has 112 valence electrons. The average molecular weight is 398 g/mol. The minimum Gasteiger partial charge on any atom is -0.394 e. The van der Waals surface area contributed by atoms with Crippen LogP contribution in [-0.4, -0.2) is 68.6 Å². The fourth-order valence-electron chi connectivity index (χ4n) is 1.99. The van der Waals surface area contributed by atoms with Gasteiger partial charge in [-0.3, -0.25) is 4.79 Å². The average Bonchev–Trinajstić information content (AvgIpc) is 2.85. The van der Waals surface area contributed by atoms with Gasteiger partial charge in [-0.1, -0.05) is 0 Å². The zero-order chi connectivity index (χ0) is 14.9. The molecule has 1 saturated heterocycles. The zero-order valence-corrected chi connectivity index (χ0v) is 12.4. The van der Waals surface area contributed by atoms with Crippen LogP contribution in [0, 0.1) is 3.70 Å². The Labute approximate surface area is 127 Å². The molecular weight excluding hydrogens is 383 g/mol. The molecule has 6 N–H and O–H groups in total. The number of rotatable bonds is 3. The molecular formula is C11H15IN2O6. The maximum absolute atomic E-state index is 11.9. The van der Waals surface area contributed by atoms with Crippen LogP contribution >= 0.6 is 22.6 Å². The number of aromatic amines is 1. The number of aromatic nitrogens is 1. The lowest BCUT2D eigenvalue weighted by Crippen LogP contribution is -2.64. The Kier molecular flexibility index (Phi) is 4.99. The molecule has 0 aromatic carbocycles. The molecule has 1 aliphatic heterocycles. The summed E-state index contributed by atoms with van der Waals surface area (Å²) >= 11 is 2.00. The number of aliphatic hydroxyl groups is 4. The van der Waals surface area contributed by atoms with E-state index < -0.39 is 43.2 Å². The zero-order valence-electron chi connectivity index (χ0n) is 10.2. The van der Waals surface area contributed by atoms with E-state index in [0.29, 0.717) is 5.56 Å². The van der Waals surface area contributed by atoms with Crippen molar-refractivity contribution >= 4 is 28.5 Å². The molecule has 1 fully saturated rings. The van der Waals surface area contributed by atoms with Crippen LogP contribution in [0.25, 0.3) is 0 Å². The molecule has 2 heterocycles. The molecule has 1 aromatic rings. The van der Waals surface area contributed by atoms with Crippen LogP contribution in [0.5, 0.6) is 0 Å². The number of nitrogens with one attached hydrogen (secondary N) is 2. The van der Waals surface area contributed by atoms with Gasteiger partial charge < -0.3 is 35.5 Å². The Morgan fingerprint density at radius 1 is 1.40 bits per heavy atom. The number of aliphatic hydroxyl groups excluding tert-OH is 4. The van der Waals surface area contributed by atoms with E-state index in [1.54, 1.807) is 6.07 Å². The molecule has 20 heavy (non-hydrogen) atoms. The lowest BCUT2D eigenvalue weighted by atomic mass is 9.97. The second-order valence-corrected chi connectivity index (χ2v) is 5.63. The normalized spacial score (nSPS) is 34.0. The van der Waals surface area contributed by atoms with Gasteiger partial charge in [-0.15, -0.1) is 0 Å². The topological polar surface area (TPSA) is 135 Å². The summed E-state index contributed by atoms with van der Waals surface area (Å²) in [6.45, 7) is -0.550. The number of hydrogen-bond donors (Lipinski definition) is 6. The highest BCUT2D eigenvalue weighted by molar-refractivity contribution is 14.1. The SMILES string of the molecule is O=C(N[C@@H]1C(O)O[C@H](CO)[C@@H](O)[C@@H]1O)c1c[nH]c(I)c1. The minimum atomic E-state index is -1.52. The number of halogens is 1. The number of hydrogen-bond acceptors (Lipinski definition) is 6. The van der Waals surface area contributed by atoms with Crippen molar-refractivity contribution < 1.29 is 30.0 Å². The molecule has 1 aliphatic rings. The van der Waals surface area contributed by atoms with Crippen molar-refractivity contribution in [1.29, 1.82) is 0 Å². The molecule has 0 aliphatic carbocycles. The molecule has 1 aromatic heterocycles.